The number of ether oxygens (including phenoxy) is 1. The van der Waals surface area contributed by atoms with Gasteiger partial charge in [-0.3, -0.25) is 4.84 Å². The van der Waals surface area contributed by atoms with Crippen molar-refractivity contribution >= 4 is 6.03 Å². The summed E-state index contributed by atoms with van der Waals surface area (Å²) in [4.78, 5) is 20.5. The molecule has 22 heavy (non-hydrogen) atoms. The molecule has 2 aromatic rings. The minimum absolute atomic E-state index is 0.123. The number of hydrogen-bond donors (Lipinski definition) is 2. The number of oxazole rings is 1. The number of amides is 2. The summed E-state index contributed by atoms with van der Waals surface area (Å²) >= 11 is 0. The van der Waals surface area contributed by atoms with Gasteiger partial charge in [-0.2, -0.15) is 0 Å². The Morgan fingerprint density at radius 2 is 2.05 bits per heavy atom. The van der Waals surface area contributed by atoms with E-state index in [4.69, 9.17) is 14.0 Å². The number of urea groups is 1. The highest BCUT2D eigenvalue weighted by Crippen LogP contribution is 2.22. The van der Waals surface area contributed by atoms with Crippen LogP contribution in [0.1, 0.15) is 19.5 Å². The molecule has 0 fully saturated rings. The van der Waals surface area contributed by atoms with Crippen molar-refractivity contribution in [1.82, 2.24) is 15.8 Å². The number of hydroxylamine groups is 1. The van der Waals surface area contributed by atoms with Gasteiger partial charge in [0.2, 0.25) is 5.89 Å². The molecular formula is C15H19N3O4. The summed E-state index contributed by atoms with van der Waals surface area (Å²) in [6.07, 6.45) is 1.49. The van der Waals surface area contributed by atoms with Gasteiger partial charge in [0, 0.05) is 12.1 Å². The van der Waals surface area contributed by atoms with Crippen LogP contribution >= 0.6 is 0 Å². The van der Waals surface area contributed by atoms with Crippen molar-refractivity contribution < 1.29 is 18.8 Å². The number of rotatable bonds is 7. The highest BCUT2D eigenvalue weighted by Gasteiger charge is 2.08. The summed E-state index contributed by atoms with van der Waals surface area (Å²) in [6, 6.07) is 7.06. The smallest absolute Gasteiger partial charge is 0.338 e. The largest absolute Gasteiger partial charge is 0.494 e. The van der Waals surface area contributed by atoms with Gasteiger partial charge in [0.25, 0.3) is 0 Å². The molecule has 0 atom stereocenters. The van der Waals surface area contributed by atoms with Crippen LogP contribution in [0.3, 0.4) is 0 Å². The van der Waals surface area contributed by atoms with Gasteiger partial charge in [-0.05, 0) is 38.1 Å². The second kappa shape index (κ2) is 8.04. The number of nitrogens with zero attached hydrogens (tertiary/aromatic N) is 1. The minimum Gasteiger partial charge on any atom is -0.494 e. The summed E-state index contributed by atoms with van der Waals surface area (Å²) in [5.74, 6) is 1.28. The molecule has 1 heterocycles. The normalized spacial score (nSPS) is 10.3. The van der Waals surface area contributed by atoms with Gasteiger partial charge >= 0.3 is 6.03 Å². The lowest BCUT2D eigenvalue weighted by atomic mass is 10.2. The molecule has 2 amide bonds. The van der Waals surface area contributed by atoms with Gasteiger partial charge in [0.05, 0.1) is 6.61 Å². The van der Waals surface area contributed by atoms with Gasteiger partial charge in [0.15, 0.2) is 0 Å². The average molecular weight is 305 g/mol. The molecule has 0 bridgehead atoms. The summed E-state index contributed by atoms with van der Waals surface area (Å²) in [5.41, 5.74) is 3.68. The van der Waals surface area contributed by atoms with E-state index in [-0.39, 0.29) is 6.61 Å². The van der Waals surface area contributed by atoms with E-state index in [2.05, 4.69) is 15.8 Å². The third-order valence-corrected chi connectivity index (χ3v) is 2.69. The highest BCUT2D eigenvalue weighted by atomic mass is 16.7. The summed E-state index contributed by atoms with van der Waals surface area (Å²) < 4.78 is 10.8. The number of nitrogens with one attached hydrogen (secondary N) is 2. The van der Waals surface area contributed by atoms with E-state index in [1.54, 1.807) is 0 Å². The molecule has 1 aromatic heterocycles. The van der Waals surface area contributed by atoms with Crippen molar-refractivity contribution in [1.29, 1.82) is 0 Å². The average Bonchev–Trinajstić information content (AvgIpc) is 2.97. The first-order chi connectivity index (χ1) is 10.7. The molecule has 0 saturated carbocycles. The maximum atomic E-state index is 11.1. The molecule has 0 aliphatic rings. The fraction of sp³-hybridized carbons (Fsp3) is 0.333. The zero-order valence-electron chi connectivity index (χ0n) is 12.6. The Morgan fingerprint density at radius 3 is 2.73 bits per heavy atom. The molecule has 0 spiro atoms. The highest BCUT2D eigenvalue weighted by molar-refractivity contribution is 5.72. The standard InChI is InChI=1S/C15H19N3O4/c1-3-16-15(19)18-22-10-12-9-21-14(17-12)11-5-7-13(8-6-11)20-4-2/h5-9H,3-4,10H2,1-2H3,(H2,16,18,19). The van der Waals surface area contributed by atoms with Gasteiger partial charge in [0.1, 0.15) is 24.3 Å². The van der Waals surface area contributed by atoms with E-state index in [1.165, 1.54) is 6.26 Å². The topological polar surface area (TPSA) is 85.6 Å². The lowest BCUT2D eigenvalue weighted by molar-refractivity contribution is 0.0474. The van der Waals surface area contributed by atoms with E-state index in [9.17, 15) is 4.79 Å². The Kier molecular flexibility index (Phi) is 5.79. The Balaban J connectivity index is 1.89. The Hall–Kier alpha value is -2.54. The van der Waals surface area contributed by atoms with Gasteiger partial charge in [-0.1, -0.05) is 0 Å². The van der Waals surface area contributed by atoms with Crippen molar-refractivity contribution in [2.45, 2.75) is 20.5 Å². The Morgan fingerprint density at radius 1 is 1.27 bits per heavy atom. The van der Waals surface area contributed by atoms with Crippen molar-refractivity contribution in [3.05, 3.63) is 36.2 Å². The molecule has 1 aromatic carbocycles. The second-order valence-corrected chi connectivity index (χ2v) is 4.35. The third-order valence-electron chi connectivity index (χ3n) is 2.69. The Bertz CT molecular complexity index is 595. The first-order valence-electron chi connectivity index (χ1n) is 7.06. The predicted octanol–water partition coefficient (Wildman–Crippen LogP) is 2.49. The van der Waals surface area contributed by atoms with E-state index in [0.717, 1.165) is 11.3 Å². The quantitative estimate of drug-likeness (QED) is 0.768. The van der Waals surface area contributed by atoms with Crippen LogP contribution in [0.2, 0.25) is 0 Å². The number of benzene rings is 1. The van der Waals surface area contributed by atoms with Crippen LogP contribution in [0.15, 0.2) is 34.9 Å². The fourth-order valence-corrected chi connectivity index (χ4v) is 1.74. The van der Waals surface area contributed by atoms with Crippen LogP contribution in [-0.2, 0) is 11.4 Å². The second-order valence-electron chi connectivity index (χ2n) is 4.35. The molecule has 0 unspecified atom stereocenters. The molecule has 2 rings (SSSR count). The predicted molar refractivity (Wildman–Crippen MR) is 80.1 cm³/mol. The molecular weight excluding hydrogens is 286 g/mol. The zero-order chi connectivity index (χ0) is 15.8. The number of aromatic nitrogens is 1. The lowest BCUT2D eigenvalue weighted by Crippen LogP contribution is -2.35. The molecule has 2 N–H and O–H groups in total. The van der Waals surface area contributed by atoms with Crippen molar-refractivity contribution in [2.24, 2.45) is 0 Å². The van der Waals surface area contributed by atoms with Crippen LogP contribution in [0.4, 0.5) is 4.79 Å². The third kappa shape index (κ3) is 4.49. The van der Waals surface area contributed by atoms with Crippen molar-refractivity contribution in [2.75, 3.05) is 13.2 Å². The van der Waals surface area contributed by atoms with Gasteiger partial charge < -0.3 is 14.5 Å². The summed E-state index contributed by atoms with van der Waals surface area (Å²) in [6.45, 7) is 5.03. The molecule has 118 valence electrons. The monoisotopic (exact) mass is 305 g/mol. The molecule has 7 nitrogen and oxygen atoms in total. The van der Waals surface area contributed by atoms with Crippen LogP contribution in [0.25, 0.3) is 11.5 Å². The van der Waals surface area contributed by atoms with E-state index < -0.39 is 6.03 Å². The molecule has 0 aliphatic carbocycles. The minimum atomic E-state index is -0.391. The number of hydrogen-bond acceptors (Lipinski definition) is 5. The molecule has 0 radical (unpaired) electrons. The van der Waals surface area contributed by atoms with E-state index >= 15 is 0 Å². The van der Waals surface area contributed by atoms with Gasteiger partial charge in [-0.15, -0.1) is 0 Å². The van der Waals surface area contributed by atoms with Crippen molar-refractivity contribution in [3.8, 4) is 17.2 Å². The lowest BCUT2D eigenvalue weighted by Gasteiger charge is -2.04. The molecule has 7 heteroatoms. The number of carbonyl (C=O) groups excluding carboxylic acids is 1. The first kappa shape index (κ1) is 15.8. The fourth-order valence-electron chi connectivity index (χ4n) is 1.74. The zero-order valence-corrected chi connectivity index (χ0v) is 12.6. The van der Waals surface area contributed by atoms with Gasteiger partial charge in [-0.25, -0.2) is 15.3 Å². The maximum Gasteiger partial charge on any atom is 0.338 e. The SMILES string of the molecule is CCNC(=O)NOCc1coc(-c2ccc(OCC)cc2)n1. The summed E-state index contributed by atoms with van der Waals surface area (Å²) in [5, 5.41) is 2.55. The van der Waals surface area contributed by atoms with E-state index in [1.807, 2.05) is 38.1 Å². The summed E-state index contributed by atoms with van der Waals surface area (Å²) in [7, 11) is 0. The number of carbonyl (C=O) groups is 1. The van der Waals surface area contributed by atoms with Crippen LogP contribution < -0.4 is 15.5 Å². The van der Waals surface area contributed by atoms with Crippen LogP contribution in [0.5, 0.6) is 5.75 Å². The van der Waals surface area contributed by atoms with Crippen LogP contribution in [-0.4, -0.2) is 24.2 Å². The molecule has 0 aliphatic heterocycles. The van der Waals surface area contributed by atoms with Crippen LogP contribution in [0, 0.1) is 0 Å². The van der Waals surface area contributed by atoms with Crippen molar-refractivity contribution in [3.63, 3.8) is 0 Å². The first-order valence-corrected chi connectivity index (χ1v) is 7.06. The maximum absolute atomic E-state index is 11.1. The van der Waals surface area contributed by atoms with E-state index in [0.29, 0.717) is 24.7 Å². The Labute approximate surface area is 128 Å². The molecule has 0 saturated heterocycles.